The number of thioether (sulfide) groups is 1. The van der Waals surface area contributed by atoms with Crippen LogP contribution < -0.4 is 5.32 Å². The van der Waals surface area contributed by atoms with E-state index < -0.39 is 5.97 Å². The van der Waals surface area contributed by atoms with Gasteiger partial charge in [-0.2, -0.15) is 0 Å². The molecular weight excluding hydrogens is 486 g/mol. The molecule has 35 heavy (non-hydrogen) atoms. The number of esters is 1. The topological polar surface area (TPSA) is 106 Å². The van der Waals surface area contributed by atoms with E-state index in [9.17, 15) is 14.4 Å². The molecule has 0 saturated carbocycles. The summed E-state index contributed by atoms with van der Waals surface area (Å²) in [6, 6.07) is 7.93. The number of amides is 2. The summed E-state index contributed by atoms with van der Waals surface area (Å²) in [5.74, 6) is -0.514. The number of nitrogens with one attached hydrogen (secondary N) is 1. The molecule has 0 saturated heterocycles. The first-order valence-corrected chi connectivity index (χ1v) is 12.4. The summed E-state index contributed by atoms with van der Waals surface area (Å²) in [5.41, 5.74) is 2.67. The molecule has 3 aromatic rings. The van der Waals surface area contributed by atoms with Gasteiger partial charge in [0.15, 0.2) is 11.0 Å². The molecule has 0 bridgehead atoms. The van der Waals surface area contributed by atoms with Gasteiger partial charge in [0, 0.05) is 26.2 Å². The van der Waals surface area contributed by atoms with Crippen LogP contribution in [0.3, 0.4) is 0 Å². The van der Waals surface area contributed by atoms with Crippen molar-refractivity contribution in [3.63, 3.8) is 0 Å². The molecule has 2 heterocycles. The van der Waals surface area contributed by atoms with Crippen LogP contribution in [0.1, 0.15) is 31.2 Å². The van der Waals surface area contributed by atoms with E-state index in [-0.39, 0.29) is 28.1 Å². The second kappa shape index (κ2) is 11.3. The first-order valence-electron chi connectivity index (χ1n) is 10.6. The minimum Gasteiger partial charge on any atom is -0.465 e. The molecule has 11 heteroatoms. The number of carbonyl (C=O) groups excluding carboxylic acids is 3. The number of nitrogens with zero attached hydrogens (tertiary/aromatic N) is 4. The summed E-state index contributed by atoms with van der Waals surface area (Å²) >= 11 is 2.27. The normalized spacial score (nSPS) is 10.7. The molecule has 9 nitrogen and oxygen atoms in total. The number of allylic oxidation sites excluding steroid dienone is 1. The van der Waals surface area contributed by atoms with Crippen molar-refractivity contribution in [1.29, 1.82) is 0 Å². The number of methoxy groups -OCH3 is 1. The predicted molar refractivity (Wildman–Crippen MR) is 138 cm³/mol. The molecule has 0 aliphatic carbocycles. The van der Waals surface area contributed by atoms with Crippen LogP contribution >= 0.6 is 23.1 Å². The van der Waals surface area contributed by atoms with Gasteiger partial charge in [-0.25, -0.2) is 4.79 Å². The molecule has 0 unspecified atom stereocenters. The lowest BCUT2D eigenvalue weighted by Gasteiger charge is -2.09. The minimum atomic E-state index is -0.618. The van der Waals surface area contributed by atoms with Crippen molar-refractivity contribution in [3.05, 3.63) is 58.5 Å². The van der Waals surface area contributed by atoms with Gasteiger partial charge in [0.2, 0.25) is 5.91 Å². The Balaban J connectivity index is 1.81. The molecule has 184 valence electrons. The van der Waals surface area contributed by atoms with Gasteiger partial charge in [0.05, 0.1) is 23.3 Å². The van der Waals surface area contributed by atoms with Crippen molar-refractivity contribution in [3.8, 4) is 11.4 Å². The Hall–Kier alpha value is -3.44. The molecule has 0 radical (unpaired) electrons. The second-order valence-electron chi connectivity index (χ2n) is 7.86. The number of rotatable bonds is 9. The lowest BCUT2D eigenvalue weighted by atomic mass is 10.1. The zero-order valence-corrected chi connectivity index (χ0v) is 21.9. The van der Waals surface area contributed by atoms with Gasteiger partial charge in [0.1, 0.15) is 5.00 Å². The number of aryl methyl sites for hydroxylation is 1. The molecule has 0 aliphatic rings. The van der Waals surface area contributed by atoms with Gasteiger partial charge in [-0.1, -0.05) is 41.6 Å². The van der Waals surface area contributed by atoms with E-state index in [2.05, 4.69) is 22.1 Å². The summed E-state index contributed by atoms with van der Waals surface area (Å²) in [6.07, 6.45) is 1.74. The summed E-state index contributed by atoms with van der Waals surface area (Å²) in [5, 5.41) is 12.2. The second-order valence-corrected chi connectivity index (χ2v) is 9.83. The lowest BCUT2D eigenvalue weighted by molar-refractivity contribution is -0.113. The van der Waals surface area contributed by atoms with E-state index in [4.69, 9.17) is 4.74 Å². The van der Waals surface area contributed by atoms with E-state index in [0.29, 0.717) is 28.0 Å². The molecule has 0 fully saturated rings. The number of thiophene rings is 1. The van der Waals surface area contributed by atoms with Gasteiger partial charge < -0.3 is 15.0 Å². The van der Waals surface area contributed by atoms with E-state index >= 15 is 0 Å². The summed E-state index contributed by atoms with van der Waals surface area (Å²) < 4.78 is 6.76. The van der Waals surface area contributed by atoms with E-state index in [1.165, 1.54) is 23.8 Å². The van der Waals surface area contributed by atoms with Crippen molar-refractivity contribution in [1.82, 2.24) is 19.7 Å². The number of ether oxygens (including phenoxy) is 1. The number of benzene rings is 1. The average molecular weight is 514 g/mol. The third-order valence-electron chi connectivity index (χ3n) is 5.03. The fraction of sp³-hybridized carbons (Fsp3) is 0.292. The van der Waals surface area contributed by atoms with E-state index in [0.717, 1.165) is 22.5 Å². The van der Waals surface area contributed by atoms with Gasteiger partial charge in [-0.05, 0) is 25.5 Å². The van der Waals surface area contributed by atoms with Crippen molar-refractivity contribution in [2.24, 2.45) is 0 Å². The standard InChI is InChI=1S/C24H27N5O4S2/c1-7-11-29-20(16-10-8-9-14(2)12-16)26-27-24(29)34-13-17(30)25-21-18(23(32)33-6)15(3)19(35-21)22(31)28(4)5/h7-10,12H,1,11,13H2,2-6H3,(H,25,30). The highest BCUT2D eigenvalue weighted by molar-refractivity contribution is 7.99. The van der Waals surface area contributed by atoms with Gasteiger partial charge in [0.25, 0.3) is 5.91 Å². The number of aromatic nitrogens is 3. The third-order valence-corrected chi connectivity index (χ3v) is 7.19. The maximum Gasteiger partial charge on any atom is 0.341 e. The highest BCUT2D eigenvalue weighted by Gasteiger charge is 2.27. The van der Waals surface area contributed by atoms with Crippen LogP contribution in [0.25, 0.3) is 11.4 Å². The molecule has 1 N–H and O–H groups in total. The quantitative estimate of drug-likeness (QED) is 0.262. The highest BCUT2D eigenvalue weighted by Crippen LogP contribution is 2.34. The van der Waals surface area contributed by atoms with E-state index in [1.807, 2.05) is 35.8 Å². The maximum absolute atomic E-state index is 12.8. The first-order chi connectivity index (χ1) is 16.7. The van der Waals surface area contributed by atoms with Crippen molar-refractivity contribution in [2.75, 3.05) is 32.3 Å². The van der Waals surface area contributed by atoms with E-state index in [1.54, 1.807) is 27.1 Å². The lowest BCUT2D eigenvalue weighted by Crippen LogP contribution is -2.21. The van der Waals surface area contributed by atoms with Crippen LogP contribution in [-0.4, -0.2) is 64.4 Å². The predicted octanol–water partition coefficient (Wildman–Crippen LogP) is 4.03. The minimum absolute atomic E-state index is 0.0254. The summed E-state index contributed by atoms with van der Waals surface area (Å²) in [6.45, 7) is 7.96. The van der Waals surface area contributed by atoms with Crippen LogP contribution in [0.5, 0.6) is 0 Å². The van der Waals surface area contributed by atoms with Crippen LogP contribution in [0.2, 0.25) is 0 Å². The molecule has 3 rings (SSSR count). The summed E-state index contributed by atoms with van der Waals surface area (Å²) in [4.78, 5) is 39.5. The summed E-state index contributed by atoms with van der Waals surface area (Å²) in [7, 11) is 4.50. The van der Waals surface area contributed by atoms with Crippen molar-refractivity contribution in [2.45, 2.75) is 25.5 Å². The third kappa shape index (κ3) is 5.80. The van der Waals surface area contributed by atoms with Crippen molar-refractivity contribution < 1.29 is 19.1 Å². The molecule has 0 atom stereocenters. The molecule has 0 aliphatic heterocycles. The number of anilines is 1. The zero-order valence-electron chi connectivity index (χ0n) is 20.2. The highest BCUT2D eigenvalue weighted by atomic mass is 32.2. The Labute approximate surface area is 212 Å². The number of hydrogen-bond acceptors (Lipinski definition) is 8. The number of carbonyl (C=O) groups is 3. The number of hydrogen-bond donors (Lipinski definition) is 1. The SMILES string of the molecule is C=CCn1c(SCC(=O)Nc2sc(C(=O)N(C)C)c(C)c2C(=O)OC)nnc1-c1cccc(C)c1. The Morgan fingerprint density at radius 3 is 2.63 bits per heavy atom. The Kier molecular flexibility index (Phi) is 8.47. The Bertz CT molecular complexity index is 1280. The van der Waals surface area contributed by atoms with Gasteiger partial charge in [-0.15, -0.1) is 28.1 Å². The Morgan fingerprint density at radius 1 is 1.26 bits per heavy atom. The monoisotopic (exact) mass is 513 g/mol. The molecule has 2 amide bonds. The van der Waals surface area contributed by atoms with Crippen LogP contribution in [0.4, 0.5) is 5.00 Å². The average Bonchev–Trinajstić information content (AvgIpc) is 3.37. The maximum atomic E-state index is 12.8. The first kappa shape index (κ1) is 26.2. The smallest absolute Gasteiger partial charge is 0.341 e. The Morgan fingerprint density at radius 2 is 2.00 bits per heavy atom. The van der Waals surface area contributed by atoms with Crippen LogP contribution in [0.15, 0.2) is 42.1 Å². The largest absolute Gasteiger partial charge is 0.465 e. The van der Waals surface area contributed by atoms with Crippen LogP contribution in [0, 0.1) is 13.8 Å². The molecule has 0 spiro atoms. The van der Waals surface area contributed by atoms with Crippen molar-refractivity contribution >= 4 is 45.9 Å². The fourth-order valence-corrected chi connectivity index (χ4v) is 5.32. The molecule has 2 aromatic heterocycles. The molecule has 1 aromatic carbocycles. The van der Waals surface area contributed by atoms with Gasteiger partial charge >= 0.3 is 5.97 Å². The zero-order chi connectivity index (χ0) is 25.7. The molecular formula is C24H27N5O4S2. The van der Waals surface area contributed by atoms with Crippen LogP contribution in [-0.2, 0) is 16.1 Å². The van der Waals surface area contributed by atoms with Gasteiger partial charge in [-0.3, -0.25) is 14.2 Å². The fourth-order valence-electron chi connectivity index (χ4n) is 3.34.